The van der Waals surface area contributed by atoms with Crippen molar-refractivity contribution in [3.8, 4) is 0 Å². The van der Waals surface area contributed by atoms with Crippen LogP contribution in [0.2, 0.25) is 0 Å². The summed E-state index contributed by atoms with van der Waals surface area (Å²) in [5.41, 5.74) is 8.86. The first-order valence-electron chi connectivity index (χ1n) is 6.91. The number of fused-ring (bicyclic) bond motifs is 1. The van der Waals surface area contributed by atoms with E-state index in [9.17, 15) is 5.11 Å². The smallest absolute Gasteiger partial charge is 0.135 e. The van der Waals surface area contributed by atoms with Crippen molar-refractivity contribution in [2.45, 2.75) is 39.8 Å². The Bertz CT molecular complexity index is 611. The minimum atomic E-state index is -0.0250. The zero-order chi connectivity index (χ0) is 13.6. The fourth-order valence-electron chi connectivity index (χ4n) is 2.89. The van der Waals surface area contributed by atoms with Crippen molar-refractivity contribution in [2.75, 3.05) is 5.73 Å². The number of rotatable bonds is 4. The fourth-order valence-corrected chi connectivity index (χ4v) is 2.89. The van der Waals surface area contributed by atoms with Crippen LogP contribution in [0, 0.1) is 11.3 Å². The monoisotopic (exact) mass is 259 g/mol. The summed E-state index contributed by atoms with van der Waals surface area (Å²) < 4.78 is 2.17. The van der Waals surface area contributed by atoms with Crippen LogP contribution >= 0.6 is 0 Å². The van der Waals surface area contributed by atoms with E-state index in [0.717, 1.165) is 23.4 Å². The van der Waals surface area contributed by atoms with Crippen molar-refractivity contribution in [1.29, 1.82) is 0 Å². The number of imidazole rings is 1. The third kappa shape index (κ3) is 2.00. The topological polar surface area (TPSA) is 64.1 Å². The minimum absolute atomic E-state index is 0.0250. The van der Waals surface area contributed by atoms with Gasteiger partial charge in [0.2, 0.25) is 0 Å². The van der Waals surface area contributed by atoms with Crippen molar-refractivity contribution >= 4 is 16.7 Å². The van der Waals surface area contributed by atoms with Gasteiger partial charge >= 0.3 is 0 Å². The van der Waals surface area contributed by atoms with Crippen molar-refractivity contribution in [2.24, 2.45) is 11.3 Å². The molecule has 19 heavy (non-hydrogen) atoms. The van der Waals surface area contributed by atoms with Crippen molar-refractivity contribution in [3.63, 3.8) is 0 Å². The lowest BCUT2D eigenvalue weighted by molar-refractivity contribution is 0.251. The lowest BCUT2D eigenvalue weighted by Gasteiger charge is -2.21. The number of aromatic nitrogens is 2. The molecule has 0 saturated heterocycles. The predicted octanol–water partition coefficient (Wildman–Crippen LogP) is 2.55. The van der Waals surface area contributed by atoms with E-state index >= 15 is 0 Å². The number of nitrogens with two attached hydrogens (primary N) is 1. The molecule has 0 spiro atoms. The number of benzene rings is 1. The molecule has 0 unspecified atom stereocenters. The number of hydrogen-bond acceptors (Lipinski definition) is 3. The minimum Gasteiger partial charge on any atom is -0.399 e. The van der Waals surface area contributed by atoms with Gasteiger partial charge in [-0.1, -0.05) is 13.8 Å². The Morgan fingerprint density at radius 3 is 2.74 bits per heavy atom. The number of nitrogens with zero attached hydrogens (tertiary/aromatic N) is 2. The molecule has 0 aliphatic heterocycles. The number of anilines is 1. The summed E-state index contributed by atoms with van der Waals surface area (Å²) >= 11 is 0. The van der Waals surface area contributed by atoms with Crippen LogP contribution in [0.15, 0.2) is 18.2 Å². The Kier molecular flexibility index (Phi) is 2.78. The molecule has 0 radical (unpaired) electrons. The molecule has 4 nitrogen and oxygen atoms in total. The van der Waals surface area contributed by atoms with E-state index in [2.05, 4.69) is 23.4 Å². The second kappa shape index (κ2) is 4.23. The fraction of sp³-hybridized carbons (Fsp3) is 0.533. The van der Waals surface area contributed by atoms with Crippen molar-refractivity contribution in [3.05, 3.63) is 24.0 Å². The summed E-state index contributed by atoms with van der Waals surface area (Å²) in [5, 5.41) is 9.53. The van der Waals surface area contributed by atoms with Crippen LogP contribution in [0.25, 0.3) is 11.0 Å². The van der Waals surface area contributed by atoms with Crippen LogP contribution in [0.5, 0.6) is 0 Å². The van der Waals surface area contributed by atoms with E-state index in [1.54, 1.807) is 0 Å². The number of nitrogen functional groups attached to an aromatic ring is 1. The zero-order valence-electron chi connectivity index (χ0n) is 11.6. The first-order valence-corrected chi connectivity index (χ1v) is 6.91. The quantitative estimate of drug-likeness (QED) is 0.829. The van der Waals surface area contributed by atoms with Gasteiger partial charge < -0.3 is 15.4 Å². The van der Waals surface area contributed by atoms with E-state index in [-0.39, 0.29) is 6.61 Å². The van der Waals surface area contributed by atoms with Crippen LogP contribution in [-0.4, -0.2) is 14.7 Å². The Morgan fingerprint density at radius 1 is 1.42 bits per heavy atom. The average Bonchev–Trinajstić information content (AvgIpc) is 3.08. The molecule has 1 aromatic heterocycles. The van der Waals surface area contributed by atoms with E-state index in [1.165, 1.54) is 12.8 Å². The third-order valence-corrected chi connectivity index (χ3v) is 4.58. The molecule has 2 aromatic rings. The molecule has 1 heterocycles. The molecule has 0 atom stereocenters. The molecule has 1 aliphatic carbocycles. The van der Waals surface area contributed by atoms with Gasteiger partial charge in [0.25, 0.3) is 0 Å². The van der Waals surface area contributed by atoms with Gasteiger partial charge in [0.15, 0.2) is 0 Å². The van der Waals surface area contributed by atoms with Gasteiger partial charge in [0.1, 0.15) is 12.4 Å². The van der Waals surface area contributed by atoms with Gasteiger partial charge in [-0.2, -0.15) is 0 Å². The zero-order valence-corrected chi connectivity index (χ0v) is 11.6. The van der Waals surface area contributed by atoms with Gasteiger partial charge in [-0.15, -0.1) is 0 Å². The van der Waals surface area contributed by atoms with Crippen molar-refractivity contribution < 1.29 is 5.11 Å². The highest BCUT2D eigenvalue weighted by molar-refractivity contribution is 5.79. The maximum atomic E-state index is 9.53. The van der Waals surface area contributed by atoms with E-state index in [1.807, 2.05) is 18.2 Å². The highest BCUT2D eigenvalue weighted by Crippen LogP contribution is 2.53. The van der Waals surface area contributed by atoms with Crippen LogP contribution < -0.4 is 5.73 Å². The summed E-state index contributed by atoms with van der Waals surface area (Å²) in [4.78, 5) is 4.50. The highest BCUT2D eigenvalue weighted by atomic mass is 16.3. The molecule has 0 amide bonds. The normalized spacial score (nSPS) is 17.3. The molecular weight excluding hydrogens is 238 g/mol. The lowest BCUT2D eigenvalue weighted by atomic mass is 9.92. The Hall–Kier alpha value is -1.55. The van der Waals surface area contributed by atoms with Gasteiger partial charge in [-0.25, -0.2) is 4.98 Å². The molecule has 4 heteroatoms. The summed E-state index contributed by atoms with van der Waals surface area (Å²) in [6.07, 6.45) is 2.54. The van der Waals surface area contributed by atoms with Crippen molar-refractivity contribution in [1.82, 2.24) is 9.55 Å². The maximum absolute atomic E-state index is 9.53. The molecule has 0 bridgehead atoms. The third-order valence-electron chi connectivity index (χ3n) is 4.58. The molecule has 1 aromatic carbocycles. The molecule has 1 aliphatic rings. The number of aliphatic hydroxyl groups excluding tert-OH is 1. The molecule has 3 rings (SSSR count). The first kappa shape index (κ1) is 12.5. The predicted molar refractivity (Wildman–Crippen MR) is 76.6 cm³/mol. The van der Waals surface area contributed by atoms with Gasteiger partial charge in [-0.05, 0) is 42.4 Å². The summed E-state index contributed by atoms with van der Waals surface area (Å²) in [7, 11) is 0. The Balaban J connectivity index is 2.06. The summed E-state index contributed by atoms with van der Waals surface area (Å²) in [6.45, 7) is 5.48. The van der Waals surface area contributed by atoms with Gasteiger partial charge in [-0.3, -0.25) is 0 Å². The summed E-state index contributed by atoms with van der Waals surface area (Å²) in [5.74, 6) is 1.40. The first-order chi connectivity index (χ1) is 9.05. The van der Waals surface area contributed by atoms with E-state index < -0.39 is 0 Å². The Morgan fingerprint density at radius 2 is 2.16 bits per heavy atom. The lowest BCUT2D eigenvalue weighted by Crippen LogP contribution is -2.19. The Labute approximate surface area is 113 Å². The molecular formula is C15H21N3O. The van der Waals surface area contributed by atoms with Crippen LogP contribution in [-0.2, 0) is 13.2 Å². The van der Waals surface area contributed by atoms with E-state index in [0.29, 0.717) is 17.0 Å². The SMILES string of the molecule is CC(C)C1(Cn2c(CO)nc3cc(N)ccc32)CC1. The maximum Gasteiger partial charge on any atom is 0.135 e. The van der Waals surface area contributed by atoms with Gasteiger partial charge in [0, 0.05) is 12.2 Å². The molecule has 1 saturated carbocycles. The molecule has 1 fully saturated rings. The highest BCUT2D eigenvalue weighted by Gasteiger charge is 2.45. The van der Waals surface area contributed by atoms with Gasteiger partial charge in [0.05, 0.1) is 11.0 Å². The second-order valence-corrected chi connectivity index (χ2v) is 6.04. The second-order valence-electron chi connectivity index (χ2n) is 6.04. The van der Waals surface area contributed by atoms with Crippen LogP contribution in [0.1, 0.15) is 32.5 Å². The molecule has 102 valence electrons. The number of aliphatic hydroxyl groups is 1. The van der Waals surface area contributed by atoms with E-state index in [4.69, 9.17) is 5.73 Å². The average molecular weight is 259 g/mol. The van der Waals surface area contributed by atoms with Crippen LogP contribution in [0.3, 0.4) is 0 Å². The largest absolute Gasteiger partial charge is 0.399 e. The summed E-state index contributed by atoms with van der Waals surface area (Å²) in [6, 6.07) is 5.78. The number of hydrogen-bond donors (Lipinski definition) is 2. The van der Waals surface area contributed by atoms with Crippen LogP contribution in [0.4, 0.5) is 5.69 Å². The molecule has 3 N–H and O–H groups in total. The standard InChI is InChI=1S/C15H21N3O/c1-10(2)15(5-6-15)9-18-13-4-3-11(16)7-12(13)17-14(18)8-19/h3-4,7,10,19H,5-6,8-9,16H2,1-2H3.